The number of aliphatic hydroxyl groups is 1. The maximum absolute atomic E-state index is 12.4. The van der Waals surface area contributed by atoms with Gasteiger partial charge in [0, 0.05) is 37.8 Å². The largest absolute Gasteiger partial charge is 0.395 e. The minimum absolute atomic E-state index is 0. The number of halogens is 2. The van der Waals surface area contributed by atoms with Crippen molar-refractivity contribution in [2.24, 2.45) is 0 Å². The van der Waals surface area contributed by atoms with E-state index in [-0.39, 0.29) is 19.9 Å². The van der Waals surface area contributed by atoms with Gasteiger partial charge in [-0.05, 0) is 80.7 Å². The minimum atomic E-state index is -0.521. The van der Waals surface area contributed by atoms with Gasteiger partial charge in [0.05, 0.1) is 6.61 Å². The zero-order valence-corrected chi connectivity index (χ0v) is 24.8. The number of hydrogen-bond acceptors (Lipinski definition) is 4. The molecule has 0 aliphatic rings. The Morgan fingerprint density at radius 3 is 2.12 bits per heavy atom. The summed E-state index contributed by atoms with van der Waals surface area (Å²) in [6.45, 7) is 14.7. The Morgan fingerprint density at radius 2 is 1.51 bits per heavy atom. The number of hydrogen-bond donors (Lipinski definition) is 3. The first kappa shape index (κ1) is 37.9. The van der Waals surface area contributed by atoms with Crippen LogP contribution in [0.4, 0.5) is 8.78 Å². The van der Waals surface area contributed by atoms with Gasteiger partial charge in [-0.1, -0.05) is 70.2 Å². The van der Waals surface area contributed by atoms with Crippen LogP contribution >= 0.6 is 0 Å². The lowest BCUT2D eigenvalue weighted by atomic mass is 10.1. The number of nitrogens with zero attached hydrogens (tertiary/aromatic N) is 1. The van der Waals surface area contributed by atoms with Gasteiger partial charge in [-0.3, -0.25) is 9.69 Å². The molecule has 3 rings (SSSR count). The highest BCUT2D eigenvalue weighted by Gasteiger charge is 2.08. The van der Waals surface area contributed by atoms with E-state index >= 15 is 0 Å². The first-order valence-electron chi connectivity index (χ1n) is 14.2. The number of aliphatic hydroxyl groups excluding tert-OH is 1. The molecule has 0 bridgehead atoms. The first-order chi connectivity index (χ1) is 19.3. The van der Waals surface area contributed by atoms with Crippen LogP contribution in [-0.4, -0.2) is 48.7 Å². The molecular weight excluding hydrogens is 520 g/mol. The van der Waals surface area contributed by atoms with Crippen molar-refractivity contribution in [3.8, 4) is 0 Å². The van der Waals surface area contributed by atoms with Gasteiger partial charge in [0.2, 0.25) is 0 Å². The lowest BCUT2D eigenvalue weighted by Crippen LogP contribution is -2.28. The summed E-state index contributed by atoms with van der Waals surface area (Å²) in [5.41, 5.74) is 4.94. The SMILES string of the molecule is C.CC.CCCN(CCO)Cc1cccc(C(=O)NCCCNCc2cccc(C)c2)c1.Cc1cc(F)cc(F)c1. The molecule has 0 atom stereocenters. The van der Waals surface area contributed by atoms with Crippen molar-refractivity contribution in [1.82, 2.24) is 15.5 Å². The molecule has 0 unspecified atom stereocenters. The summed E-state index contributed by atoms with van der Waals surface area (Å²) < 4.78 is 24.4. The average Bonchev–Trinajstić information content (AvgIpc) is 2.92. The Hall–Kier alpha value is -3.13. The van der Waals surface area contributed by atoms with Gasteiger partial charge in [-0.25, -0.2) is 8.78 Å². The fraction of sp³-hybridized carbons (Fsp3) is 0.441. The summed E-state index contributed by atoms with van der Waals surface area (Å²) in [5, 5.41) is 15.6. The van der Waals surface area contributed by atoms with E-state index in [1.807, 2.05) is 38.1 Å². The van der Waals surface area contributed by atoms with Gasteiger partial charge in [-0.2, -0.15) is 0 Å². The molecule has 0 aliphatic heterocycles. The molecule has 0 radical (unpaired) electrons. The smallest absolute Gasteiger partial charge is 0.251 e. The van der Waals surface area contributed by atoms with E-state index < -0.39 is 11.6 Å². The van der Waals surface area contributed by atoms with E-state index in [2.05, 4.69) is 53.6 Å². The molecule has 7 heteroatoms. The van der Waals surface area contributed by atoms with Crippen molar-refractivity contribution in [3.63, 3.8) is 0 Å². The molecule has 41 heavy (non-hydrogen) atoms. The zero-order chi connectivity index (χ0) is 29.8. The zero-order valence-electron chi connectivity index (χ0n) is 24.8. The Labute approximate surface area is 247 Å². The molecule has 5 nitrogen and oxygen atoms in total. The molecule has 0 aromatic heterocycles. The van der Waals surface area contributed by atoms with E-state index in [9.17, 15) is 18.7 Å². The molecule has 3 N–H and O–H groups in total. The van der Waals surface area contributed by atoms with Gasteiger partial charge in [0.25, 0.3) is 5.91 Å². The van der Waals surface area contributed by atoms with Crippen LogP contribution in [0.1, 0.15) is 73.7 Å². The monoisotopic (exact) mass is 571 g/mol. The second-order valence-corrected chi connectivity index (χ2v) is 9.42. The molecule has 3 aromatic carbocycles. The molecule has 1 amide bonds. The standard InChI is InChI=1S/C24H35N3O2.C7H6F2.C2H6.CH4/c1-3-13-27(14-15-28)19-22-9-5-10-23(17-22)24(29)26-12-6-11-25-18-21-8-4-7-20(2)16-21;1-5-2-6(8)4-7(9)3-5;1-2;/h4-5,7-10,16-17,25,28H,3,6,11-15,18-19H2,1-2H3,(H,26,29);2-4H,1H3;1-2H3;1H4. The number of amides is 1. The van der Waals surface area contributed by atoms with Crippen molar-refractivity contribution in [2.75, 3.05) is 32.8 Å². The van der Waals surface area contributed by atoms with Crippen molar-refractivity contribution in [1.29, 1.82) is 0 Å². The van der Waals surface area contributed by atoms with Crippen molar-refractivity contribution >= 4 is 5.91 Å². The predicted octanol–water partition coefficient (Wildman–Crippen LogP) is 7.04. The highest BCUT2D eigenvalue weighted by Crippen LogP contribution is 2.09. The molecule has 0 saturated carbocycles. The van der Waals surface area contributed by atoms with E-state index in [1.165, 1.54) is 23.3 Å². The number of benzene rings is 3. The van der Waals surface area contributed by atoms with Crippen LogP contribution in [0.15, 0.2) is 66.7 Å². The van der Waals surface area contributed by atoms with Crippen LogP contribution in [0.25, 0.3) is 0 Å². The minimum Gasteiger partial charge on any atom is -0.395 e. The number of carbonyl (C=O) groups is 1. The number of rotatable bonds is 13. The second-order valence-electron chi connectivity index (χ2n) is 9.42. The molecule has 0 saturated heterocycles. The maximum Gasteiger partial charge on any atom is 0.251 e. The summed E-state index contributed by atoms with van der Waals surface area (Å²) in [7, 11) is 0. The van der Waals surface area contributed by atoms with E-state index in [4.69, 9.17) is 0 Å². The number of nitrogens with one attached hydrogen (secondary N) is 2. The Bertz CT molecular complexity index is 1070. The first-order valence-corrected chi connectivity index (χ1v) is 14.2. The third-order valence-corrected chi connectivity index (χ3v) is 5.79. The summed E-state index contributed by atoms with van der Waals surface area (Å²) in [6.07, 6.45) is 1.93. The topological polar surface area (TPSA) is 64.6 Å². The Morgan fingerprint density at radius 1 is 0.854 bits per heavy atom. The van der Waals surface area contributed by atoms with Gasteiger partial charge in [0.15, 0.2) is 0 Å². The van der Waals surface area contributed by atoms with Crippen LogP contribution in [0.3, 0.4) is 0 Å². The second kappa shape index (κ2) is 22.5. The third-order valence-electron chi connectivity index (χ3n) is 5.79. The number of aryl methyl sites for hydroxylation is 2. The van der Waals surface area contributed by atoms with E-state index in [0.717, 1.165) is 50.7 Å². The fourth-order valence-electron chi connectivity index (χ4n) is 4.06. The molecule has 0 fully saturated rings. The van der Waals surface area contributed by atoms with Gasteiger partial charge in [0.1, 0.15) is 11.6 Å². The van der Waals surface area contributed by atoms with Crippen molar-refractivity contribution in [3.05, 3.63) is 106 Å². The number of carbonyl (C=O) groups excluding carboxylic acids is 1. The van der Waals surface area contributed by atoms with E-state index in [0.29, 0.717) is 24.2 Å². The van der Waals surface area contributed by atoms with Crippen LogP contribution in [0.2, 0.25) is 0 Å². The highest BCUT2D eigenvalue weighted by molar-refractivity contribution is 5.94. The van der Waals surface area contributed by atoms with Crippen LogP contribution in [0, 0.1) is 25.5 Å². The van der Waals surface area contributed by atoms with Crippen LogP contribution in [0.5, 0.6) is 0 Å². The third kappa shape index (κ3) is 16.7. The van der Waals surface area contributed by atoms with Gasteiger partial charge in [-0.15, -0.1) is 0 Å². The fourth-order valence-corrected chi connectivity index (χ4v) is 4.06. The lowest BCUT2D eigenvalue weighted by molar-refractivity contribution is 0.0953. The van der Waals surface area contributed by atoms with Crippen molar-refractivity contribution < 1.29 is 18.7 Å². The quantitative estimate of drug-likeness (QED) is 0.193. The highest BCUT2D eigenvalue weighted by atomic mass is 19.1. The average molecular weight is 572 g/mol. The summed E-state index contributed by atoms with van der Waals surface area (Å²) >= 11 is 0. The van der Waals surface area contributed by atoms with Gasteiger partial charge >= 0.3 is 0 Å². The lowest BCUT2D eigenvalue weighted by Gasteiger charge is -2.20. The molecule has 0 spiro atoms. The molecular formula is C34H51F2N3O2. The van der Waals surface area contributed by atoms with E-state index in [1.54, 1.807) is 6.92 Å². The summed E-state index contributed by atoms with van der Waals surface area (Å²) in [5.74, 6) is -1.07. The predicted molar refractivity (Wildman–Crippen MR) is 168 cm³/mol. The Kier molecular flexibility index (Phi) is 20.8. The van der Waals surface area contributed by atoms with Crippen LogP contribution in [-0.2, 0) is 13.1 Å². The molecule has 3 aromatic rings. The summed E-state index contributed by atoms with van der Waals surface area (Å²) in [6, 6.07) is 19.7. The summed E-state index contributed by atoms with van der Waals surface area (Å²) in [4.78, 5) is 14.6. The van der Waals surface area contributed by atoms with Crippen molar-refractivity contribution in [2.45, 2.75) is 68.0 Å². The molecule has 0 aliphatic carbocycles. The van der Waals surface area contributed by atoms with Gasteiger partial charge < -0.3 is 15.7 Å². The Balaban J connectivity index is 0.00000112. The molecule has 0 heterocycles. The molecule has 228 valence electrons. The maximum atomic E-state index is 12.4. The normalized spacial score (nSPS) is 10.1. The van der Waals surface area contributed by atoms with Crippen LogP contribution < -0.4 is 10.6 Å².